The van der Waals surface area contributed by atoms with Gasteiger partial charge >= 0.3 is 0 Å². The quantitative estimate of drug-likeness (QED) is 0.835. The molecule has 0 fully saturated rings. The molecule has 0 N–H and O–H groups in total. The van der Waals surface area contributed by atoms with Gasteiger partial charge in [0.1, 0.15) is 16.5 Å². The third-order valence-corrected chi connectivity index (χ3v) is 3.36. The summed E-state index contributed by atoms with van der Waals surface area (Å²) >= 11 is 1.40. The molecule has 0 saturated heterocycles. The number of aromatic nitrogens is 2. The second-order valence-corrected chi connectivity index (χ2v) is 4.83. The molecule has 0 atom stereocenters. The van der Waals surface area contributed by atoms with Crippen molar-refractivity contribution in [1.29, 1.82) is 5.26 Å². The molecule has 0 aliphatic carbocycles. The fraction of sp³-hybridized carbons (Fsp3) is 0.364. The Balaban J connectivity index is 2.41. The van der Waals surface area contributed by atoms with Crippen LogP contribution in [0.15, 0.2) is 16.0 Å². The Hall–Kier alpha value is -1.71. The molecule has 2 rings (SSSR count). The predicted octanol–water partition coefficient (Wildman–Crippen LogP) is 2.55. The van der Waals surface area contributed by atoms with Gasteiger partial charge in [0, 0.05) is 7.11 Å². The fourth-order valence-corrected chi connectivity index (χ4v) is 1.98. The third kappa shape index (κ3) is 2.07. The number of ether oxygens (including phenoxy) is 1. The summed E-state index contributed by atoms with van der Waals surface area (Å²) in [6.07, 6.45) is 0. The summed E-state index contributed by atoms with van der Waals surface area (Å²) < 4.78 is 10.4. The highest BCUT2D eigenvalue weighted by atomic mass is 32.1. The minimum absolute atomic E-state index is 0.358. The summed E-state index contributed by atoms with van der Waals surface area (Å²) in [6.45, 7) is 3.70. The van der Waals surface area contributed by atoms with E-state index in [0.717, 1.165) is 0 Å². The van der Waals surface area contributed by atoms with Crippen molar-refractivity contribution in [2.75, 3.05) is 7.11 Å². The zero-order chi connectivity index (χ0) is 12.5. The number of methoxy groups -OCH3 is 1. The van der Waals surface area contributed by atoms with Gasteiger partial charge in [0.05, 0.1) is 5.56 Å². The minimum atomic E-state index is -0.605. The topological polar surface area (TPSA) is 71.9 Å². The Morgan fingerprint density at radius 3 is 2.94 bits per heavy atom. The molecule has 0 aliphatic rings. The van der Waals surface area contributed by atoms with E-state index in [1.54, 1.807) is 13.2 Å². The minimum Gasteiger partial charge on any atom is -0.371 e. The molecule has 0 radical (unpaired) electrons. The maximum absolute atomic E-state index is 8.92. The Kier molecular flexibility index (Phi) is 2.96. The first kappa shape index (κ1) is 11.8. The molecule has 88 valence electrons. The lowest BCUT2D eigenvalue weighted by Crippen LogP contribution is -2.21. The highest BCUT2D eigenvalue weighted by molar-refractivity contribution is 7.13. The van der Waals surface area contributed by atoms with E-state index in [-0.39, 0.29) is 0 Å². The Bertz CT molecular complexity index is 565. The molecular weight excluding hydrogens is 238 g/mol. The van der Waals surface area contributed by atoms with Crippen LogP contribution < -0.4 is 0 Å². The van der Waals surface area contributed by atoms with Gasteiger partial charge in [-0.1, -0.05) is 5.16 Å². The summed E-state index contributed by atoms with van der Waals surface area (Å²) in [5.41, 5.74) is -0.0633. The molecular formula is C11H11N3O2S. The molecule has 0 aliphatic heterocycles. The lowest BCUT2D eigenvalue weighted by atomic mass is 10.1. The molecule has 2 aromatic rings. The molecule has 2 heterocycles. The average molecular weight is 249 g/mol. The molecule has 0 saturated carbocycles. The number of rotatable bonds is 3. The van der Waals surface area contributed by atoms with E-state index in [4.69, 9.17) is 14.5 Å². The first-order chi connectivity index (χ1) is 8.08. The van der Waals surface area contributed by atoms with Crippen LogP contribution in [0.3, 0.4) is 0 Å². The van der Waals surface area contributed by atoms with Crippen LogP contribution in [-0.2, 0) is 10.3 Å². The van der Waals surface area contributed by atoms with Gasteiger partial charge in [-0.15, -0.1) is 11.3 Å². The van der Waals surface area contributed by atoms with Gasteiger partial charge in [0.25, 0.3) is 5.89 Å². The summed E-state index contributed by atoms with van der Waals surface area (Å²) in [6, 6.07) is 3.81. The van der Waals surface area contributed by atoms with E-state index in [1.807, 2.05) is 19.2 Å². The number of thiophene rings is 1. The van der Waals surface area contributed by atoms with E-state index in [1.165, 1.54) is 11.3 Å². The van der Waals surface area contributed by atoms with Crippen molar-refractivity contribution in [3.05, 3.63) is 22.8 Å². The first-order valence-corrected chi connectivity index (χ1v) is 5.83. The lowest BCUT2D eigenvalue weighted by molar-refractivity contribution is 0.00973. The SMILES string of the molecule is COC(C)(C)c1noc(-c2sccc2C#N)n1. The summed E-state index contributed by atoms with van der Waals surface area (Å²) in [7, 11) is 1.59. The number of nitrogens with zero attached hydrogens (tertiary/aromatic N) is 3. The predicted molar refractivity (Wildman–Crippen MR) is 62.4 cm³/mol. The number of hydrogen-bond acceptors (Lipinski definition) is 6. The van der Waals surface area contributed by atoms with E-state index in [9.17, 15) is 0 Å². The van der Waals surface area contributed by atoms with Gasteiger partial charge in [0.15, 0.2) is 0 Å². The standard InChI is InChI=1S/C11H11N3O2S/c1-11(2,15-3)10-13-9(16-14-10)8-7(6-12)4-5-17-8/h4-5H,1-3H3. The second-order valence-electron chi connectivity index (χ2n) is 3.91. The first-order valence-electron chi connectivity index (χ1n) is 4.96. The van der Waals surface area contributed by atoms with Crippen molar-refractivity contribution in [1.82, 2.24) is 10.1 Å². The maximum atomic E-state index is 8.92. The molecule has 0 unspecified atom stereocenters. The van der Waals surface area contributed by atoms with Gasteiger partial charge in [-0.25, -0.2) is 0 Å². The van der Waals surface area contributed by atoms with E-state index in [0.29, 0.717) is 22.2 Å². The molecule has 0 spiro atoms. The zero-order valence-electron chi connectivity index (χ0n) is 9.72. The smallest absolute Gasteiger partial charge is 0.269 e. The van der Waals surface area contributed by atoms with Gasteiger partial charge < -0.3 is 9.26 Å². The van der Waals surface area contributed by atoms with Crippen molar-refractivity contribution < 1.29 is 9.26 Å². The molecule has 2 aromatic heterocycles. The van der Waals surface area contributed by atoms with Gasteiger partial charge in [-0.3, -0.25) is 0 Å². The lowest BCUT2D eigenvalue weighted by Gasteiger charge is -2.17. The summed E-state index contributed by atoms with van der Waals surface area (Å²) in [5, 5.41) is 14.6. The van der Waals surface area contributed by atoms with Crippen LogP contribution in [0, 0.1) is 11.3 Å². The summed E-state index contributed by atoms with van der Waals surface area (Å²) in [4.78, 5) is 4.95. The second kappa shape index (κ2) is 4.28. The number of hydrogen-bond donors (Lipinski definition) is 0. The molecule has 5 nitrogen and oxygen atoms in total. The molecule has 17 heavy (non-hydrogen) atoms. The van der Waals surface area contributed by atoms with E-state index in [2.05, 4.69) is 16.2 Å². The summed E-state index contributed by atoms with van der Waals surface area (Å²) in [5.74, 6) is 0.823. The van der Waals surface area contributed by atoms with E-state index < -0.39 is 5.60 Å². The monoisotopic (exact) mass is 249 g/mol. The maximum Gasteiger partial charge on any atom is 0.269 e. The van der Waals surface area contributed by atoms with Gasteiger partial charge in [-0.2, -0.15) is 10.2 Å². The van der Waals surface area contributed by atoms with Crippen LogP contribution in [0.2, 0.25) is 0 Å². The Morgan fingerprint density at radius 1 is 1.53 bits per heavy atom. The Labute approximate surface area is 103 Å². The molecule has 0 aromatic carbocycles. The largest absolute Gasteiger partial charge is 0.371 e. The average Bonchev–Trinajstić information content (AvgIpc) is 2.96. The van der Waals surface area contributed by atoms with Crippen LogP contribution in [0.5, 0.6) is 0 Å². The highest BCUT2D eigenvalue weighted by Crippen LogP contribution is 2.30. The fourth-order valence-electron chi connectivity index (χ4n) is 1.21. The van der Waals surface area contributed by atoms with Gasteiger partial charge in [0.2, 0.25) is 5.82 Å². The highest BCUT2D eigenvalue weighted by Gasteiger charge is 2.27. The molecule has 6 heteroatoms. The Morgan fingerprint density at radius 2 is 2.29 bits per heavy atom. The molecule has 0 bridgehead atoms. The molecule has 0 amide bonds. The van der Waals surface area contributed by atoms with Crippen molar-refractivity contribution in [2.45, 2.75) is 19.4 Å². The van der Waals surface area contributed by atoms with Crippen molar-refractivity contribution >= 4 is 11.3 Å². The number of nitriles is 1. The normalized spacial score (nSPS) is 11.4. The van der Waals surface area contributed by atoms with Crippen LogP contribution >= 0.6 is 11.3 Å². The van der Waals surface area contributed by atoms with Crippen LogP contribution in [0.25, 0.3) is 10.8 Å². The van der Waals surface area contributed by atoms with Crippen LogP contribution in [-0.4, -0.2) is 17.3 Å². The van der Waals surface area contributed by atoms with Crippen molar-refractivity contribution in [3.8, 4) is 16.8 Å². The van der Waals surface area contributed by atoms with Crippen LogP contribution in [0.1, 0.15) is 25.2 Å². The van der Waals surface area contributed by atoms with Gasteiger partial charge in [-0.05, 0) is 25.3 Å². The van der Waals surface area contributed by atoms with Crippen molar-refractivity contribution in [3.63, 3.8) is 0 Å². The van der Waals surface area contributed by atoms with Crippen molar-refractivity contribution in [2.24, 2.45) is 0 Å². The van der Waals surface area contributed by atoms with E-state index >= 15 is 0 Å². The van der Waals surface area contributed by atoms with Crippen LogP contribution in [0.4, 0.5) is 0 Å². The third-order valence-electron chi connectivity index (χ3n) is 2.45. The zero-order valence-corrected chi connectivity index (χ0v) is 10.5.